The Labute approximate surface area is 229 Å². The van der Waals surface area contributed by atoms with Gasteiger partial charge in [0, 0.05) is 40.4 Å². The van der Waals surface area contributed by atoms with Gasteiger partial charge in [-0.2, -0.15) is 0 Å². The maximum Gasteiger partial charge on any atom is 0.243 e. The Morgan fingerprint density at radius 3 is 1.45 bits per heavy atom. The van der Waals surface area contributed by atoms with Crippen molar-refractivity contribution < 1.29 is 28.8 Å². The Hall–Kier alpha value is -3.29. The van der Waals surface area contributed by atoms with Crippen LogP contribution >= 0.6 is 12.2 Å². The molecular formula is C24H43N7O6S. The van der Waals surface area contributed by atoms with E-state index in [1.165, 1.54) is 20.8 Å². The molecule has 6 amide bonds. The highest BCUT2D eigenvalue weighted by Crippen LogP contribution is 2.06. The Bertz CT molecular complexity index is 839. The maximum atomic E-state index is 13.1. The number of carbonyl (C=O) groups is 6. The van der Waals surface area contributed by atoms with Crippen LogP contribution in [0, 0.1) is 0 Å². The lowest BCUT2D eigenvalue weighted by Crippen LogP contribution is -2.56. The van der Waals surface area contributed by atoms with Gasteiger partial charge in [-0.1, -0.05) is 12.2 Å². The van der Waals surface area contributed by atoms with Crippen LogP contribution in [0.1, 0.15) is 72.6 Å². The molecule has 0 rings (SSSR count). The first-order valence-electron chi connectivity index (χ1n) is 12.7. The minimum Gasteiger partial charge on any atom is -0.380 e. The summed E-state index contributed by atoms with van der Waals surface area (Å²) < 4.78 is 0. The van der Waals surface area contributed by atoms with Crippen molar-refractivity contribution >= 4 is 52.6 Å². The minimum atomic E-state index is -0.987. The average Bonchev–Trinajstić information content (AvgIpc) is 2.80. The number of hydrogen-bond acceptors (Lipinski definition) is 7. The van der Waals surface area contributed by atoms with Crippen molar-refractivity contribution in [3.63, 3.8) is 0 Å². The molecule has 0 radical (unpaired) electrons. The van der Waals surface area contributed by atoms with E-state index in [-0.39, 0.29) is 31.1 Å². The molecule has 14 heteroatoms. The lowest BCUT2D eigenvalue weighted by atomic mass is 10.0. The van der Waals surface area contributed by atoms with Gasteiger partial charge in [0.25, 0.3) is 0 Å². The Balaban J connectivity index is 5.36. The van der Waals surface area contributed by atoms with Crippen molar-refractivity contribution in [3.8, 4) is 0 Å². The lowest BCUT2D eigenvalue weighted by Gasteiger charge is -2.25. The number of primary amides is 1. The number of carbonyl (C=O) groups excluding carboxylic acids is 6. The first-order chi connectivity index (χ1) is 17.8. The lowest BCUT2D eigenvalue weighted by molar-refractivity contribution is -0.133. The van der Waals surface area contributed by atoms with Crippen molar-refractivity contribution in [1.29, 1.82) is 0 Å². The second-order valence-electron chi connectivity index (χ2n) is 9.01. The number of nitrogens with two attached hydrogens (primary N) is 1. The zero-order valence-electron chi connectivity index (χ0n) is 22.7. The quantitative estimate of drug-likeness (QED) is 0.0765. The van der Waals surface area contributed by atoms with Crippen LogP contribution in [0.4, 0.5) is 0 Å². The highest BCUT2D eigenvalue weighted by molar-refractivity contribution is 7.80. The second-order valence-corrected chi connectivity index (χ2v) is 9.62. The van der Waals surface area contributed by atoms with Crippen LogP contribution in [0.3, 0.4) is 0 Å². The molecule has 0 aromatic rings. The minimum absolute atomic E-state index is 0.206. The number of rotatable bonds is 19. The van der Waals surface area contributed by atoms with Crippen LogP contribution in [0.25, 0.3) is 0 Å². The van der Waals surface area contributed by atoms with E-state index < -0.39 is 41.8 Å². The largest absolute Gasteiger partial charge is 0.380 e. The third-order valence-corrected chi connectivity index (χ3v) is 5.51. The first-order valence-corrected chi connectivity index (χ1v) is 13.1. The average molecular weight is 558 g/mol. The SMILES string of the molecule is CC(=O)NCCC[C@H](NC(=O)[C@H](CCCCNC(C)=S)NC(=O)[C@H](CCCNC(C)=O)NC(C)=O)C(N)=O. The molecule has 0 aliphatic heterocycles. The predicted molar refractivity (Wildman–Crippen MR) is 147 cm³/mol. The van der Waals surface area contributed by atoms with Crippen LogP contribution in [0.2, 0.25) is 0 Å². The van der Waals surface area contributed by atoms with Gasteiger partial charge in [-0.15, -0.1) is 0 Å². The number of unbranched alkanes of at least 4 members (excludes halogenated alkanes) is 1. The third-order valence-electron chi connectivity index (χ3n) is 5.37. The van der Waals surface area contributed by atoms with E-state index in [1.807, 2.05) is 0 Å². The highest BCUT2D eigenvalue weighted by Gasteiger charge is 2.28. The molecule has 0 aliphatic rings. The molecule has 0 spiro atoms. The van der Waals surface area contributed by atoms with Crippen molar-refractivity contribution in [2.45, 2.75) is 90.8 Å². The number of hydrogen-bond donors (Lipinski definition) is 7. The summed E-state index contributed by atoms with van der Waals surface area (Å²) in [5, 5.41) is 16.1. The molecule has 8 N–H and O–H groups in total. The number of thiocarbonyl (C=S) groups is 1. The molecular weight excluding hydrogens is 514 g/mol. The van der Waals surface area contributed by atoms with E-state index in [4.69, 9.17) is 18.0 Å². The molecule has 0 aromatic heterocycles. The van der Waals surface area contributed by atoms with E-state index in [9.17, 15) is 28.8 Å². The van der Waals surface area contributed by atoms with E-state index in [1.54, 1.807) is 6.92 Å². The molecule has 0 bridgehead atoms. The van der Waals surface area contributed by atoms with Gasteiger partial charge in [0.1, 0.15) is 18.1 Å². The highest BCUT2D eigenvalue weighted by atomic mass is 32.1. The molecule has 3 atom stereocenters. The van der Waals surface area contributed by atoms with Crippen molar-refractivity contribution in [1.82, 2.24) is 31.9 Å². The van der Waals surface area contributed by atoms with Gasteiger partial charge in [-0.05, 0) is 51.9 Å². The topological polar surface area (TPSA) is 201 Å². The first kappa shape index (κ1) is 34.7. The van der Waals surface area contributed by atoms with Crippen molar-refractivity contribution in [2.24, 2.45) is 5.73 Å². The van der Waals surface area contributed by atoms with Gasteiger partial charge in [0.2, 0.25) is 35.4 Å². The predicted octanol–water partition coefficient (Wildman–Crippen LogP) is -1.11. The summed E-state index contributed by atoms with van der Waals surface area (Å²) >= 11 is 4.99. The van der Waals surface area contributed by atoms with Crippen LogP contribution in [-0.2, 0) is 28.8 Å². The van der Waals surface area contributed by atoms with Gasteiger partial charge in [0.05, 0.1) is 4.99 Å². The summed E-state index contributed by atoms with van der Waals surface area (Å²) in [4.78, 5) is 72.5. The summed E-state index contributed by atoms with van der Waals surface area (Å²) in [5.41, 5.74) is 5.46. The molecule has 0 fully saturated rings. The monoisotopic (exact) mass is 557 g/mol. The zero-order valence-corrected chi connectivity index (χ0v) is 23.6. The Morgan fingerprint density at radius 2 is 1.00 bits per heavy atom. The van der Waals surface area contributed by atoms with Crippen LogP contribution in [0.15, 0.2) is 0 Å². The third kappa shape index (κ3) is 18.0. The fourth-order valence-corrected chi connectivity index (χ4v) is 3.59. The van der Waals surface area contributed by atoms with Crippen LogP contribution in [-0.4, -0.2) is 78.2 Å². The maximum absolute atomic E-state index is 13.1. The van der Waals surface area contributed by atoms with Gasteiger partial charge < -0.3 is 37.6 Å². The molecule has 0 saturated carbocycles. The summed E-state index contributed by atoms with van der Waals surface area (Å²) in [6.45, 7) is 7.04. The zero-order chi connectivity index (χ0) is 29.1. The molecule has 13 nitrogen and oxygen atoms in total. The van der Waals surface area contributed by atoms with Crippen LogP contribution in [0.5, 0.6) is 0 Å². The molecule has 0 aliphatic carbocycles. The molecule has 0 heterocycles. The van der Waals surface area contributed by atoms with Gasteiger partial charge in [0.15, 0.2) is 0 Å². The molecule has 0 unspecified atom stereocenters. The Morgan fingerprint density at radius 1 is 0.579 bits per heavy atom. The molecule has 0 aromatic carbocycles. The fourth-order valence-electron chi connectivity index (χ4n) is 3.49. The van der Waals surface area contributed by atoms with Gasteiger partial charge in [-0.3, -0.25) is 28.8 Å². The van der Waals surface area contributed by atoms with Gasteiger partial charge in [-0.25, -0.2) is 0 Å². The number of amides is 6. The van der Waals surface area contributed by atoms with E-state index in [2.05, 4.69) is 31.9 Å². The summed E-state index contributed by atoms with van der Waals surface area (Å²) in [5.74, 6) is -2.71. The number of nitrogens with one attached hydrogen (secondary N) is 6. The van der Waals surface area contributed by atoms with Gasteiger partial charge >= 0.3 is 0 Å². The smallest absolute Gasteiger partial charge is 0.243 e. The summed E-state index contributed by atoms with van der Waals surface area (Å²) in [6.07, 6.45) is 2.79. The van der Waals surface area contributed by atoms with E-state index in [0.29, 0.717) is 50.3 Å². The standard InChI is InChI=1S/C24H43N7O6S/c1-15(32)26-13-7-10-19(22(25)35)30-24(37)21(9-5-6-12-28-18(4)38)31-23(36)20(29-17(3)34)11-8-14-27-16(2)33/h19-21H,5-14H2,1-4H3,(H2,25,35)(H,26,32)(H,27,33)(H,28,38)(H,29,34)(H,30,37)(H,31,36)/t19-,20-,21-/m0/s1. The van der Waals surface area contributed by atoms with Crippen LogP contribution < -0.4 is 37.6 Å². The summed E-state index contributed by atoms with van der Waals surface area (Å²) in [6, 6.07) is -2.89. The van der Waals surface area contributed by atoms with E-state index in [0.717, 1.165) is 0 Å². The normalized spacial score (nSPS) is 12.7. The van der Waals surface area contributed by atoms with Crippen molar-refractivity contribution in [2.75, 3.05) is 19.6 Å². The summed E-state index contributed by atoms with van der Waals surface area (Å²) in [7, 11) is 0. The molecule has 38 heavy (non-hydrogen) atoms. The second kappa shape index (κ2) is 19.8. The molecule has 0 saturated heterocycles. The van der Waals surface area contributed by atoms with Crippen molar-refractivity contribution in [3.05, 3.63) is 0 Å². The Kier molecular flexibility index (Phi) is 18.1. The fraction of sp³-hybridized carbons (Fsp3) is 0.708. The van der Waals surface area contributed by atoms with E-state index >= 15 is 0 Å². The molecule has 216 valence electrons.